The highest BCUT2D eigenvalue weighted by molar-refractivity contribution is 7.92. The molecule has 1 aliphatic rings. The lowest BCUT2D eigenvalue weighted by atomic mass is 10.2. The van der Waals surface area contributed by atoms with E-state index in [4.69, 9.17) is 11.6 Å². The van der Waals surface area contributed by atoms with Crippen molar-refractivity contribution in [2.24, 2.45) is 0 Å². The third kappa shape index (κ3) is 3.89. The molecule has 116 valence electrons. The molecule has 0 spiro atoms. The fourth-order valence-corrected chi connectivity index (χ4v) is 4.64. The van der Waals surface area contributed by atoms with Gasteiger partial charge in [0.05, 0.1) is 21.7 Å². The minimum atomic E-state index is -3.09. The van der Waals surface area contributed by atoms with Gasteiger partial charge in [-0.15, -0.1) is 0 Å². The summed E-state index contributed by atoms with van der Waals surface area (Å²) in [6.07, 6.45) is 1.22. The minimum absolute atomic E-state index is 0.00931. The molecule has 0 radical (unpaired) electrons. The lowest BCUT2D eigenvalue weighted by molar-refractivity contribution is -0.116. The summed E-state index contributed by atoms with van der Waals surface area (Å²) in [5.74, 6) is -0.104. The van der Waals surface area contributed by atoms with Crippen LogP contribution in [0, 0.1) is 0 Å². The molecule has 1 amide bonds. The fraction of sp³-hybridized carbons (Fsp3) is 0.500. The van der Waals surface area contributed by atoms with Crippen molar-refractivity contribution in [1.82, 2.24) is 0 Å². The molecule has 7 heteroatoms. The average molecular weight is 331 g/mol. The largest absolute Gasteiger partial charge is 0.376 e. The van der Waals surface area contributed by atoms with Gasteiger partial charge in [0.1, 0.15) is 0 Å². The number of anilines is 2. The van der Waals surface area contributed by atoms with Crippen molar-refractivity contribution in [3.05, 3.63) is 23.2 Å². The second kappa shape index (κ2) is 6.23. The van der Waals surface area contributed by atoms with Crippen LogP contribution in [0.25, 0.3) is 0 Å². The highest BCUT2D eigenvalue weighted by Crippen LogP contribution is 2.28. The molecular formula is C14H19ClN2O3S. The Kier molecular flexibility index (Phi) is 4.78. The van der Waals surface area contributed by atoms with Crippen molar-refractivity contribution in [2.75, 3.05) is 30.1 Å². The van der Waals surface area contributed by atoms with Gasteiger partial charge in [-0.05, 0) is 31.0 Å². The third-order valence-electron chi connectivity index (χ3n) is 3.59. The molecule has 1 aliphatic heterocycles. The number of carbonyl (C=O) groups excluding carboxylic acids is 1. The summed E-state index contributed by atoms with van der Waals surface area (Å²) in [4.78, 5) is 13.8. The van der Waals surface area contributed by atoms with Gasteiger partial charge < -0.3 is 10.2 Å². The van der Waals surface area contributed by atoms with Crippen LogP contribution < -0.4 is 10.2 Å². The zero-order valence-electron chi connectivity index (χ0n) is 12.1. The van der Waals surface area contributed by atoms with Crippen LogP contribution in [0.1, 0.15) is 19.3 Å². The van der Waals surface area contributed by atoms with E-state index in [2.05, 4.69) is 5.32 Å². The Morgan fingerprint density at radius 3 is 2.67 bits per heavy atom. The molecule has 2 rings (SSSR count). The van der Waals surface area contributed by atoms with Gasteiger partial charge in [0, 0.05) is 26.2 Å². The topological polar surface area (TPSA) is 66.5 Å². The molecular weight excluding hydrogens is 312 g/mol. The van der Waals surface area contributed by atoms with Crippen molar-refractivity contribution < 1.29 is 13.2 Å². The number of sulfone groups is 1. The molecule has 0 bridgehead atoms. The highest BCUT2D eigenvalue weighted by Gasteiger charge is 2.32. The zero-order valence-corrected chi connectivity index (χ0v) is 13.7. The maximum absolute atomic E-state index is 12.0. The van der Waals surface area contributed by atoms with E-state index in [0.29, 0.717) is 23.6 Å². The Balaban J connectivity index is 2.02. The maximum Gasteiger partial charge on any atom is 0.225 e. The van der Waals surface area contributed by atoms with E-state index in [1.54, 1.807) is 12.1 Å². The standard InChI is InChI=1S/C14H19ClN2O3S/c1-17(2)13-6-5-10(8-12(13)15)16-14(18)9-11-4-3-7-21(11,19)20/h5-6,8,11H,3-4,7,9H2,1-2H3,(H,16,18). The molecule has 0 aromatic heterocycles. The van der Waals surface area contributed by atoms with Crippen molar-refractivity contribution in [1.29, 1.82) is 0 Å². The van der Waals surface area contributed by atoms with Gasteiger partial charge in [-0.2, -0.15) is 0 Å². The molecule has 1 unspecified atom stereocenters. The molecule has 1 aromatic carbocycles. The Bertz CT molecular complexity index is 644. The fourth-order valence-electron chi connectivity index (χ4n) is 2.45. The summed E-state index contributed by atoms with van der Waals surface area (Å²) in [6, 6.07) is 5.23. The van der Waals surface area contributed by atoms with E-state index in [1.165, 1.54) is 0 Å². The second-order valence-electron chi connectivity index (χ2n) is 5.44. The third-order valence-corrected chi connectivity index (χ3v) is 6.17. The van der Waals surface area contributed by atoms with Crippen molar-refractivity contribution in [2.45, 2.75) is 24.5 Å². The number of benzene rings is 1. The van der Waals surface area contributed by atoms with Crippen LogP contribution in [0.15, 0.2) is 18.2 Å². The molecule has 1 N–H and O–H groups in total. The van der Waals surface area contributed by atoms with Gasteiger partial charge >= 0.3 is 0 Å². The molecule has 1 aromatic rings. The first-order valence-corrected chi connectivity index (χ1v) is 8.87. The summed E-state index contributed by atoms with van der Waals surface area (Å²) in [5.41, 5.74) is 1.43. The zero-order chi connectivity index (χ0) is 15.6. The monoisotopic (exact) mass is 330 g/mol. The molecule has 5 nitrogen and oxygen atoms in total. The van der Waals surface area contributed by atoms with E-state index in [0.717, 1.165) is 5.69 Å². The predicted molar refractivity (Wildman–Crippen MR) is 85.8 cm³/mol. The first-order valence-electron chi connectivity index (χ1n) is 6.78. The SMILES string of the molecule is CN(C)c1ccc(NC(=O)CC2CCCS2(=O)=O)cc1Cl. The lowest BCUT2D eigenvalue weighted by Crippen LogP contribution is -2.24. The minimum Gasteiger partial charge on any atom is -0.376 e. The van der Waals surface area contributed by atoms with Gasteiger partial charge in [-0.1, -0.05) is 11.6 Å². The molecule has 21 heavy (non-hydrogen) atoms. The highest BCUT2D eigenvalue weighted by atomic mass is 35.5. The molecule has 1 saturated heterocycles. The van der Waals surface area contributed by atoms with E-state index in [1.807, 2.05) is 25.1 Å². The number of nitrogens with one attached hydrogen (secondary N) is 1. The predicted octanol–water partition coefficient (Wildman–Crippen LogP) is 2.31. The van der Waals surface area contributed by atoms with Crippen LogP contribution in [0.5, 0.6) is 0 Å². The van der Waals surface area contributed by atoms with Crippen LogP contribution in [0.2, 0.25) is 5.02 Å². The Morgan fingerprint density at radius 1 is 1.43 bits per heavy atom. The normalized spacial score (nSPS) is 20.2. The summed E-state index contributed by atoms with van der Waals surface area (Å²) in [7, 11) is 0.665. The molecule has 0 aliphatic carbocycles. The van der Waals surface area contributed by atoms with Crippen LogP contribution in [0.3, 0.4) is 0 Å². The Labute approximate surface area is 130 Å². The van der Waals surface area contributed by atoms with Crippen LogP contribution in [-0.4, -0.2) is 39.4 Å². The smallest absolute Gasteiger partial charge is 0.225 e. The van der Waals surface area contributed by atoms with Crippen LogP contribution in [0.4, 0.5) is 11.4 Å². The summed E-state index contributed by atoms with van der Waals surface area (Å²) >= 11 is 6.13. The Morgan fingerprint density at radius 2 is 2.14 bits per heavy atom. The van der Waals surface area contributed by atoms with Crippen molar-refractivity contribution in [3.8, 4) is 0 Å². The second-order valence-corrected chi connectivity index (χ2v) is 8.25. The number of amides is 1. The van der Waals surface area contributed by atoms with Gasteiger partial charge in [0.15, 0.2) is 9.84 Å². The lowest BCUT2D eigenvalue weighted by Gasteiger charge is -2.16. The number of halogens is 1. The molecule has 1 heterocycles. The number of hydrogen-bond donors (Lipinski definition) is 1. The summed E-state index contributed by atoms with van der Waals surface area (Å²) < 4.78 is 23.4. The maximum atomic E-state index is 12.0. The van der Waals surface area contributed by atoms with E-state index in [9.17, 15) is 13.2 Å². The number of rotatable bonds is 4. The van der Waals surface area contributed by atoms with E-state index in [-0.39, 0.29) is 18.1 Å². The molecule has 1 fully saturated rings. The van der Waals surface area contributed by atoms with Crippen LogP contribution >= 0.6 is 11.6 Å². The molecule has 1 atom stereocenters. The summed E-state index contributed by atoms with van der Waals surface area (Å²) in [5, 5.41) is 2.69. The van der Waals surface area contributed by atoms with E-state index >= 15 is 0 Å². The quantitative estimate of drug-likeness (QED) is 0.920. The molecule has 0 saturated carbocycles. The van der Waals surface area contributed by atoms with Gasteiger partial charge in [0.2, 0.25) is 5.91 Å². The van der Waals surface area contributed by atoms with Gasteiger partial charge in [-0.3, -0.25) is 4.79 Å². The van der Waals surface area contributed by atoms with Crippen LogP contribution in [-0.2, 0) is 14.6 Å². The van der Waals surface area contributed by atoms with Gasteiger partial charge in [0.25, 0.3) is 0 Å². The van der Waals surface area contributed by atoms with Gasteiger partial charge in [-0.25, -0.2) is 8.42 Å². The van der Waals surface area contributed by atoms with Crippen molar-refractivity contribution >= 4 is 38.7 Å². The van der Waals surface area contributed by atoms with Crippen molar-refractivity contribution in [3.63, 3.8) is 0 Å². The average Bonchev–Trinajstić information content (AvgIpc) is 2.68. The van der Waals surface area contributed by atoms with E-state index < -0.39 is 15.1 Å². The Hall–Kier alpha value is -1.27. The number of nitrogens with zero attached hydrogens (tertiary/aromatic N) is 1. The first-order chi connectivity index (χ1) is 9.79. The number of carbonyl (C=O) groups is 1. The number of hydrogen-bond acceptors (Lipinski definition) is 4. The summed E-state index contributed by atoms with van der Waals surface area (Å²) in [6.45, 7) is 0. The first kappa shape index (κ1) is 16.1.